The Morgan fingerprint density at radius 2 is 1.95 bits per heavy atom. The van der Waals surface area contributed by atoms with E-state index in [2.05, 4.69) is 32.1 Å². The first-order chi connectivity index (χ1) is 10.0. The van der Waals surface area contributed by atoms with Gasteiger partial charge in [-0.25, -0.2) is 0 Å². The summed E-state index contributed by atoms with van der Waals surface area (Å²) in [6, 6.07) is 0.440. The molecule has 1 aliphatic rings. The van der Waals surface area contributed by atoms with Crippen molar-refractivity contribution in [3.8, 4) is 6.01 Å². The van der Waals surface area contributed by atoms with Gasteiger partial charge in [0.05, 0.1) is 19.3 Å². The number of ether oxygens (including phenoxy) is 2. The van der Waals surface area contributed by atoms with Crippen molar-refractivity contribution >= 4 is 11.9 Å². The average molecular weight is 296 g/mol. The fraction of sp³-hybridized carbons (Fsp3) is 0.769. The minimum absolute atomic E-state index is 0.00887. The van der Waals surface area contributed by atoms with Gasteiger partial charge in [0.1, 0.15) is 0 Å². The fourth-order valence-electron chi connectivity index (χ4n) is 2.14. The number of nitrogens with one attached hydrogen (secondary N) is 1. The number of aromatic nitrogens is 3. The van der Waals surface area contributed by atoms with Gasteiger partial charge in [-0.05, 0) is 20.8 Å². The zero-order valence-corrected chi connectivity index (χ0v) is 12.9. The molecule has 1 saturated heterocycles. The lowest BCUT2D eigenvalue weighted by Crippen LogP contribution is -2.42. The third-order valence-electron chi connectivity index (χ3n) is 2.98. The number of hydrogen-bond donors (Lipinski definition) is 2. The van der Waals surface area contributed by atoms with Crippen LogP contribution in [0.1, 0.15) is 20.8 Å². The summed E-state index contributed by atoms with van der Waals surface area (Å²) in [5.74, 6) is 0.598. The van der Waals surface area contributed by atoms with Crippen LogP contribution in [-0.2, 0) is 4.74 Å². The summed E-state index contributed by atoms with van der Waals surface area (Å²) in [5.41, 5.74) is 5.69. The fourth-order valence-corrected chi connectivity index (χ4v) is 2.14. The smallest absolute Gasteiger partial charge is 0.323 e. The average Bonchev–Trinajstić information content (AvgIpc) is 2.37. The Morgan fingerprint density at radius 1 is 1.24 bits per heavy atom. The van der Waals surface area contributed by atoms with Gasteiger partial charge >= 0.3 is 6.01 Å². The molecule has 2 rings (SSSR count). The minimum atomic E-state index is -0.00887. The van der Waals surface area contributed by atoms with Gasteiger partial charge in [0.25, 0.3) is 0 Å². The molecule has 1 atom stereocenters. The summed E-state index contributed by atoms with van der Waals surface area (Å²) < 4.78 is 10.8. The maximum absolute atomic E-state index is 5.69. The molecular formula is C13H24N6O2. The van der Waals surface area contributed by atoms with Crippen molar-refractivity contribution in [3.05, 3.63) is 0 Å². The normalized spacial score (nSPS) is 17.7. The largest absolute Gasteiger partial charge is 0.461 e. The molecule has 1 aromatic rings. The van der Waals surface area contributed by atoms with Crippen molar-refractivity contribution in [3.63, 3.8) is 0 Å². The van der Waals surface area contributed by atoms with Crippen molar-refractivity contribution in [2.24, 2.45) is 0 Å². The van der Waals surface area contributed by atoms with Crippen LogP contribution in [-0.4, -0.2) is 64.8 Å². The molecule has 0 amide bonds. The van der Waals surface area contributed by atoms with E-state index >= 15 is 0 Å². The highest BCUT2D eigenvalue weighted by molar-refractivity contribution is 5.33. The van der Waals surface area contributed by atoms with E-state index in [-0.39, 0.29) is 24.1 Å². The highest BCUT2D eigenvalue weighted by atomic mass is 16.5. The number of rotatable bonds is 6. The second-order valence-corrected chi connectivity index (χ2v) is 5.42. The van der Waals surface area contributed by atoms with E-state index in [1.54, 1.807) is 0 Å². The maximum Gasteiger partial charge on any atom is 0.323 e. The van der Waals surface area contributed by atoms with Crippen LogP contribution < -0.4 is 15.8 Å². The van der Waals surface area contributed by atoms with Crippen molar-refractivity contribution < 1.29 is 9.47 Å². The lowest BCUT2D eigenvalue weighted by molar-refractivity contribution is 0.0368. The molecular weight excluding hydrogens is 272 g/mol. The van der Waals surface area contributed by atoms with Crippen LogP contribution in [0.25, 0.3) is 0 Å². The van der Waals surface area contributed by atoms with Crippen molar-refractivity contribution in [1.29, 1.82) is 0 Å². The van der Waals surface area contributed by atoms with Crippen LogP contribution in [0, 0.1) is 0 Å². The molecule has 0 saturated carbocycles. The first kappa shape index (κ1) is 15.7. The first-order valence-corrected chi connectivity index (χ1v) is 7.28. The number of nitrogen functional groups attached to an aromatic ring is 1. The van der Waals surface area contributed by atoms with Crippen LogP contribution in [0.3, 0.4) is 0 Å². The molecule has 0 radical (unpaired) electrons. The van der Waals surface area contributed by atoms with E-state index < -0.39 is 0 Å². The number of nitrogens with two attached hydrogens (primary N) is 1. The predicted molar refractivity (Wildman–Crippen MR) is 80.3 cm³/mol. The summed E-state index contributed by atoms with van der Waals surface area (Å²) in [5, 5.41) is 3.24. The summed E-state index contributed by atoms with van der Waals surface area (Å²) in [6.45, 7) is 10.3. The summed E-state index contributed by atoms with van der Waals surface area (Å²) >= 11 is 0. The number of anilines is 2. The van der Waals surface area contributed by atoms with E-state index in [1.165, 1.54) is 0 Å². The van der Waals surface area contributed by atoms with Crippen molar-refractivity contribution in [2.45, 2.75) is 32.9 Å². The monoisotopic (exact) mass is 296 g/mol. The van der Waals surface area contributed by atoms with Gasteiger partial charge in [-0.3, -0.25) is 4.90 Å². The lowest BCUT2D eigenvalue weighted by atomic mass is 10.3. The molecule has 118 valence electrons. The molecule has 1 unspecified atom stereocenters. The zero-order valence-electron chi connectivity index (χ0n) is 12.9. The summed E-state index contributed by atoms with van der Waals surface area (Å²) in [7, 11) is 0. The van der Waals surface area contributed by atoms with E-state index in [4.69, 9.17) is 15.2 Å². The number of nitrogens with zero attached hydrogens (tertiary/aromatic N) is 4. The third kappa shape index (κ3) is 5.31. The maximum atomic E-state index is 5.69. The van der Waals surface area contributed by atoms with E-state index in [0.29, 0.717) is 5.95 Å². The van der Waals surface area contributed by atoms with Crippen LogP contribution in [0.5, 0.6) is 6.01 Å². The molecule has 3 N–H and O–H groups in total. The molecule has 1 aliphatic heterocycles. The topological polar surface area (TPSA) is 98.4 Å². The SMILES string of the molecule is CC(CN1CCOCC1)Nc1nc(N)nc(OC(C)C)n1. The Balaban J connectivity index is 1.92. The Morgan fingerprint density at radius 3 is 2.62 bits per heavy atom. The van der Waals surface area contributed by atoms with E-state index in [9.17, 15) is 0 Å². The molecule has 0 spiro atoms. The standard InChI is InChI=1S/C13H24N6O2/c1-9(2)21-13-17-11(14)16-12(18-13)15-10(3)8-19-4-6-20-7-5-19/h9-10H,4-8H2,1-3H3,(H3,14,15,16,17,18). The van der Waals surface area contributed by atoms with Crippen LogP contribution in [0.2, 0.25) is 0 Å². The Bertz CT molecular complexity index is 450. The molecule has 2 heterocycles. The van der Waals surface area contributed by atoms with Gasteiger partial charge in [0, 0.05) is 25.7 Å². The van der Waals surface area contributed by atoms with E-state index in [0.717, 1.165) is 32.8 Å². The Hall–Kier alpha value is -1.67. The summed E-state index contributed by atoms with van der Waals surface area (Å²) in [6.07, 6.45) is -0.00887. The molecule has 0 bridgehead atoms. The van der Waals surface area contributed by atoms with Crippen molar-refractivity contribution in [2.75, 3.05) is 43.9 Å². The molecule has 0 aromatic carbocycles. The Kier molecular flexibility index (Phi) is 5.51. The second-order valence-electron chi connectivity index (χ2n) is 5.42. The number of hydrogen-bond acceptors (Lipinski definition) is 8. The van der Waals surface area contributed by atoms with Gasteiger partial charge in [-0.15, -0.1) is 0 Å². The third-order valence-corrected chi connectivity index (χ3v) is 2.98. The quantitative estimate of drug-likeness (QED) is 0.777. The second kappa shape index (κ2) is 7.37. The molecule has 1 fully saturated rings. The van der Waals surface area contributed by atoms with Crippen LogP contribution in [0.4, 0.5) is 11.9 Å². The van der Waals surface area contributed by atoms with Crippen molar-refractivity contribution in [1.82, 2.24) is 19.9 Å². The molecule has 1 aromatic heterocycles. The first-order valence-electron chi connectivity index (χ1n) is 7.28. The lowest BCUT2D eigenvalue weighted by Gasteiger charge is -2.29. The van der Waals surface area contributed by atoms with Gasteiger partial charge < -0.3 is 20.5 Å². The van der Waals surface area contributed by atoms with Gasteiger partial charge in [-0.2, -0.15) is 15.0 Å². The predicted octanol–water partition coefficient (Wildman–Crippen LogP) is 0.374. The van der Waals surface area contributed by atoms with Gasteiger partial charge in [0.15, 0.2) is 0 Å². The highest BCUT2D eigenvalue weighted by Gasteiger charge is 2.15. The van der Waals surface area contributed by atoms with Crippen LogP contribution >= 0.6 is 0 Å². The summed E-state index contributed by atoms with van der Waals surface area (Å²) in [4.78, 5) is 14.6. The van der Waals surface area contributed by atoms with Crippen LogP contribution in [0.15, 0.2) is 0 Å². The molecule has 8 heteroatoms. The van der Waals surface area contributed by atoms with Gasteiger partial charge in [-0.1, -0.05) is 0 Å². The molecule has 21 heavy (non-hydrogen) atoms. The van der Waals surface area contributed by atoms with E-state index in [1.807, 2.05) is 13.8 Å². The molecule has 8 nitrogen and oxygen atoms in total. The number of morpholine rings is 1. The molecule has 0 aliphatic carbocycles. The highest BCUT2D eigenvalue weighted by Crippen LogP contribution is 2.11. The van der Waals surface area contributed by atoms with Gasteiger partial charge in [0.2, 0.25) is 11.9 Å². The Labute approximate surface area is 125 Å². The zero-order chi connectivity index (χ0) is 15.2. The minimum Gasteiger partial charge on any atom is -0.461 e.